The molecule has 0 heterocycles. The zero-order chi connectivity index (χ0) is 17.5. The second-order valence-corrected chi connectivity index (χ2v) is 6.35. The molecule has 128 valence electrons. The highest BCUT2D eigenvalue weighted by Crippen LogP contribution is 2.21. The van der Waals surface area contributed by atoms with Gasteiger partial charge in [-0.1, -0.05) is 28.1 Å². The van der Waals surface area contributed by atoms with Crippen LogP contribution in [0, 0.1) is 6.92 Å². The lowest BCUT2D eigenvalue weighted by Crippen LogP contribution is -2.31. The molecule has 2 aromatic carbocycles. The van der Waals surface area contributed by atoms with Gasteiger partial charge >= 0.3 is 0 Å². The first kappa shape index (κ1) is 18.3. The predicted octanol–water partition coefficient (Wildman–Crippen LogP) is 4.41. The standard InChI is InChI=1S/C19H22BrNO3/c1-4-23-16-7-5-15(6-8-16)14(3)21-19(22)12-24-17-9-10-18(20)13(2)11-17/h5-11,14H,4,12H2,1-3H3,(H,21,22). The fraction of sp³-hybridized carbons (Fsp3) is 0.316. The van der Waals surface area contributed by atoms with E-state index in [1.165, 1.54) is 0 Å². The Morgan fingerprint density at radius 3 is 2.42 bits per heavy atom. The number of rotatable bonds is 7. The highest BCUT2D eigenvalue weighted by atomic mass is 79.9. The van der Waals surface area contributed by atoms with Crippen molar-refractivity contribution in [2.24, 2.45) is 0 Å². The number of nitrogens with one attached hydrogen (secondary N) is 1. The molecular weight excluding hydrogens is 370 g/mol. The highest BCUT2D eigenvalue weighted by Gasteiger charge is 2.10. The number of carbonyl (C=O) groups is 1. The lowest BCUT2D eigenvalue weighted by Gasteiger charge is -2.15. The van der Waals surface area contributed by atoms with E-state index in [0.717, 1.165) is 21.3 Å². The van der Waals surface area contributed by atoms with Crippen LogP contribution in [0.5, 0.6) is 11.5 Å². The van der Waals surface area contributed by atoms with Crippen LogP contribution in [0.1, 0.15) is 31.0 Å². The molecule has 2 aromatic rings. The van der Waals surface area contributed by atoms with Gasteiger partial charge in [0, 0.05) is 4.47 Å². The predicted molar refractivity (Wildman–Crippen MR) is 98.5 cm³/mol. The molecule has 0 spiro atoms. The number of ether oxygens (including phenoxy) is 2. The van der Waals surface area contributed by atoms with Gasteiger partial charge in [0.25, 0.3) is 5.91 Å². The first-order valence-corrected chi connectivity index (χ1v) is 8.70. The third kappa shape index (κ3) is 5.27. The van der Waals surface area contributed by atoms with Gasteiger partial charge in [-0.05, 0) is 62.2 Å². The number of hydrogen-bond donors (Lipinski definition) is 1. The minimum Gasteiger partial charge on any atom is -0.494 e. The second kappa shape index (κ2) is 8.73. The van der Waals surface area contributed by atoms with E-state index in [1.54, 1.807) is 0 Å². The molecule has 0 fully saturated rings. The SMILES string of the molecule is CCOc1ccc(C(C)NC(=O)COc2ccc(Br)c(C)c2)cc1. The van der Waals surface area contributed by atoms with Crippen LogP contribution < -0.4 is 14.8 Å². The first-order valence-electron chi connectivity index (χ1n) is 7.90. The van der Waals surface area contributed by atoms with Crippen LogP contribution in [0.4, 0.5) is 0 Å². The van der Waals surface area contributed by atoms with Crippen LogP contribution in [0.3, 0.4) is 0 Å². The summed E-state index contributed by atoms with van der Waals surface area (Å²) in [4.78, 5) is 12.1. The monoisotopic (exact) mass is 391 g/mol. The molecule has 0 bridgehead atoms. The van der Waals surface area contributed by atoms with Gasteiger partial charge in [0.2, 0.25) is 0 Å². The summed E-state index contributed by atoms with van der Waals surface area (Å²) in [5.41, 5.74) is 2.09. The molecule has 1 amide bonds. The summed E-state index contributed by atoms with van der Waals surface area (Å²) in [7, 11) is 0. The Morgan fingerprint density at radius 2 is 1.79 bits per heavy atom. The van der Waals surface area contributed by atoms with Gasteiger partial charge in [-0.3, -0.25) is 4.79 Å². The average molecular weight is 392 g/mol. The van der Waals surface area contributed by atoms with Crippen molar-refractivity contribution in [1.29, 1.82) is 0 Å². The van der Waals surface area contributed by atoms with Crippen molar-refractivity contribution in [3.05, 3.63) is 58.1 Å². The second-order valence-electron chi connectivity index (χ2n) is 5.49. The van der Waals surface area contributed by atoms with Crippen LogP contribution in [-0.4, -0.2) is 19.1 Å². The number of halogens is 1. The van der Waals surface area contributed by atoms with Gasteiger partial charge in [-0.25, -0.2) is 0 Å². The molecule has 0 aliphatic heterocycles. The number of aryl methyl sites for hydroxylation is 1. The fourth-order valence-corrected chi connectivity index (χ4v) is 2.49. The molecule has 1 atom stereocenters. The summed E-state index contributed by atoms with van der Waals surface area (Å²) in [5, 5.41) is 2.93. The van der Waals surface area contributed by atoms with E-state index in [2.05, 4.69) is 21.2 Å². The maximum absolute atomic E-state index is 12.1. The van der Waals surface area contributed by atoms with Crippen molar-refractivity contribution < 1.29 is 14.3 Å². The van der Waals surface area contributed by atoms with Crippen molar-refractivity contribution >= 4 is 21.8 Å². The minimum atomic E-state index is -0.156. The average Bonchev–Trinajstić information content (AvgIpc) is 2.57. The van der Waals surface area contributed by atoms with Crippen LogP contribution in [0.15, 0.2) is 46.9 Å². The number of benzene rings is 2. The molecule has 0 saturated heterocycles. The first-order chi connectivity index (χ1) is 11.5. The van der Waals surface area contributed by atoms with Crippen molar-refractivity contribution in [3.63, 3.8) is 0 Å². The lowest BCUT2D eigenvalue weighted by molar-refractivity contribution is -0.123. The summed E-state index contributed by atoms with van der Waals surface area (Å²) < 4.78 is 12.0. The summed E-state index contributed by atoms with van der Waals surface area (Å²) >= 11 is 3.44. The van der Waals surface area contributed by atoms with Crippen molar-refractivity contribution in [2.45, 2.75) is 26.8 Å². The molecule has 5 heteroatoms. The van der Waals surface area contributed by atoms with Crippen LogP contribution >= 0.6 is 15.9 Å². The Hall–Kier alpha value is -2.01. The van der Waals surface area contributed by atoms with Gasteiger partial charge in [-0.15, -0.1) is 0 Å². The Morgan fingerprint density at radius 1 is 1.12 bits per heavy atom. The zero-order valence-corrected chi connectivity index (χ0v) is 15.7. The summed E-state index contributed by atoms with van der Waals surface area (Å²) in [5.74, 6) is 1.35. The lowest BCUT2D eigenvalue weighted by atomic mass is 10.1. The Bertz CT molecular complexity index is 686. The summed E-state index contributed by atoms with van der Waals surface area (Å²) in [6, 6.07) is 13.3. The highest BCUT2D eigenvalue weighted by molar-refractivity contribution is 9.10. The zero-order valence-electron chi connectivity index (χ0n) is 14.1. The van der Waals surface area contributed by atoms with Gasteiger partial charge in [0.15, 0.2) is 6.61 Å². The van der Waals surface area contributed by atoms with E-state index in [1.807, 2.05) is 63.2 Å². The van der Waals surface area contributed by atoms with Gasteiger partial charge in [-0.2, -0.15) is 0 Å². The molecule has 0 aliphatic rings. The van der Waals surface area contributed by atoms with E-state index in [4.69, 9.17) is 9.47 Å². The van der Waals surface area contributed by atoms with Crippen LogP contribution in [0.2, 0.25) is 0 Å². The third-order valence-electron chi connectivity index (χ3n) is 3.57. The fourth-order valence-electron chi connectivity index (χ4n) is 2.24. The molecule has 24 heavy (non-hydrogen) atoms. The number of amides is 1. The topological polar surface area (TPSA) is 47.6 Å². The molecule has 4 nitrogen and oxygen atoms in total. The minimum absolute atomic E-state index is 0.0115. The maximum atomic E-state index is 12.1. The molecule has 1 unspecified atom stereocenters. The molecule has 0 radical (unpaired) electrons. The Balaban J connectivity index is 1.85. The van der Waals surface area contributed by atoms with Crippen molar-refractivity contribution in [1.82, 2.24) is 5.32 Å². The smallest absolute Gasteiger partial charge is 0.258 e. The van der Waals surface area contributed by atoms with Crippen molar-refractivity contribution in [2.75, 3.05) is 13.2 Å². The molecule has 0 saturated carbocycles. The van der Waals surface area contributed by atoms with Crippen molar-refractivity contribution in [3.8, 4) is 11.5 Å². The summed E-state index contributed by atoms with van der Waals surface area (Å²) in [6.45, 7) is 6.49. The third-order valence-corrected chi connectivity index (χ3v) is 4.46. The molecule has 0 aliphatic carbocycles. The Labute approximate surface area is 151 Å². The van der Waals surface area contributed by atoms with Gasteiger partial charge in [0.05, 0.1) is 12.6 Å². The summed E-state index contributed by atoms with van der Waals surface area (Å²) in [6.07, 6.45) is 0. The molecule has 0 aromatic heterocycles. The number of hydrogen-bond acceptors (Lipinski definition) is 3. The molecule has 2 rings (SSSR count). The molecule has 1 N–H and O–H groups in total. The van der Waals surface area contributed by atoms with E-state index in [9.17, 15) is 4.79 Å². The van der Waals surface area contributed by atoms with Gasteiger partial charge < -0.3 is 14.8 Å². The largest absolute Gasteiger partial charge is 0.494 e. The van der Waals surface area contributed by atoms with E-state index in [0.29, 0.717) is 12.4 Å². The molecular formula is C19H22BrNO3. The quantitative estimate of drug-likeness (QED) is 0.759. The van der Waals surface area contributed by atoms with Gasteiger partial charge in [0.1, 0.15) is 11.5 Å². The number of carbonyl (C=O) groups excluding carboxylic acids is 1. The van der Waals surface area contributed by atoms with Crippen LogP contribution in [0.25, 0.3) is 0 Å². The normalized spacial score (nSPS) is 11.7. The van der Waals surface area contributed by atoms with E-state index >= 15 is 0 Å². The van der Waals surface area contributed by atoms with Crippen LogP contribution in [-0.2, 0) is 4.79 Å². The Kier molecular flexibility index (Phi) is 6.67. The van der Waals surface area contributed by atoms with E-state index < -0.39 is 0 Å². The van der Waals surface area contributed by atoms with E-state index in [-0.39, 0.29) is 18.6 Å². The maximum Gasteiger partial charge on any atom is 0.258 e.